The topological polar surface area (TPSA) is 55.4 Å². The fraction of sp³-hybridized carbons (Fsp3) is 0.857. The van der Waals surface area contributed by atoms with Crippen LogP contribution < -0.4 is 5.32 Å². The van der Waals surface area contributed by atoms with Crippen LogP contribution >= 0.6 is 0 Å². The standard InChI is InChI=1S/C14H23NO3/c1-13(2,3)18-12(17)15-9-10-8-14(10)6-4-11(16)5-7-14/h10H,4-9H2,1-3H3,(H,15,17). The Balaban J connectivity index is 1.71. The zero-order valence-corrected chi connectivity index (χ0v) is 11.5. The summed E-state index contributed by atoms with van der Waals surface area (Å²) in [6, 6.07) is 0. The third-order valence-electron chi connectivity index (χ3n) is 4.05. The molecule has 2 saturated carbocycles. The number of ketones is 1. The minimum atomic E-state index is -0.442. The highest BCUT2D eigenvalue weighted by Gasteiger charge is 2.54. The lowest BCUT2D eigenvalue weighted by Crippen LogP contribution is -2.34. The second-order valence-electron chi connectivity index (χ2n) is 6.68. The lowest BCUT2D eigenvalue weighted by atomic mass is 9.84. The molecule has 0 aromatic rings. The van der Waals surface area contributed by atoms with Crippen molar-refractivity contribution >= 4 is 11.9 Å². The summed E-state index contributed by atoms with van der Waals surface area (Å²) < 4.78 is 5.20. The van der Waals surface area contributed by atoms with Crippen molar-refractivity contribution in [3.8, 4) is 0 Å². The maximum Gasteiger partial charge on any atom is 0.407 e. The molecule has 1 spiro atoms. The second kappa shape index (κ2) is 4.56. The normalized spacial score (nSPS) is 25.9. The van der Waals surface area contributed by atoms with Gasteiger partial charge in [0, 0.05) is 19.4 Å². The SMILES string of the molecule is CC(C)(C)OC(=O)NCC1CC12CCC(=O)CC2. The van der Waals surface area contributed by atoms with Gasteiger partial charge < -0.3 is 10.1 Å². The van der Waals surface area contributed by atoms with E-state index >= 15 is 0 Å². The quantitative estimate of drug-likeness (QED) is 0.823. The van der Waals surface area contributed by atoms with Crippen LogP contribution in [0.5, 0.6) is 0 Å². The number of nitrogens with one attached hydrogen (secondary N) is 1. The lowest BCUT2D eigenvalue weighted by molar-refractivity contribution is -0.121. The zero-order valence-electron chi connectivity index (χ0n) is 11.5. The molecule has 0 aromatic heterocycles. The van der Waals surface area contributed by atoms with Gasteiger partial charge in [0.2, 0.25) is 0 Å². The van der Waals surface area contributed by atoms with Crippen molar-refractivity contribution in [3.63, 3.8) is 0 Å². The van der Waals surface area contributed by atoms with Gasteiger partial charge in [-0.3, -0.25) is 4.79 Å². The molecule has 2 fully saturated rings. The van der Waals surface area contributed by atoms with E-state index in [9.17, 15) is 9.59 Å². The third-order valence-corrected chi connectivity index (χ3v) is 4.05. The number of Topliss-reactive ketones (excluding diaryl/α,β-unsaturated/α-hetero) is 1. The Morgan fingerprint density at radius 3 is 2.56 bits per heavy atom. The Hall–Kier alpha value is -1.06. The van der Waals surface area contributed by atoms with E-state index in [0.29, 0.717) is 23.7 Å². The maximum absolute atomic E-state index is 11.5. The molecule has 0 heterocycles. The summed E-state index contributed by atoms with van der Waals surface area (Å²) in [7, 11) is 0. The molecule has 0 aromatic carbocycles. The first-order chi connectivity index (χ1) is 8.31. The molecule has 1 N–H and O–H groups in total. The summed E-state index contributed by atoms with van der Waals surface area (Å²) >= 11 is 0. The molecule has 2 rings (SSSR count). The molecule has 1 atom stereocenters. The van der Waals surface area contributed by atoms with E-state index in [1.807, 2.05) is 20.8 Å². The van der Waals surface area contributed by atoms with Gasteiger partial charge in [0.1, 0.15) is 11.4 Å². The van der Waals surface area contributed by atoms with Gasteiger partial charge in [0.25, 0.3) is 0 Å². The molecule has 4 heteroatoms. The molecule has 0 radical (unpaired) electrons. The Kier molecular flexibility index (Phi) is 3.39. The Bertz CT molecular complexity index is 347. The van der Waals surface area contributed by atoms with E-state index in [1.165, 1.54) is 0 Å². The van der Waals surface area contributed by atoms with Gasteiger partial charge in [-0.15, -0.1) is 0 Å². The van der Waals surface area contributed by atoms with Crippen LogP contribution in [0.3, 0.4) is 0 Å². The largest absolute Gasteiger partial charge is 0.444 e. The van der Waals surface area contributed by atoms with E-state index in [-0.39, 0.29) is 6.09 Å². The maximum atomic E-state index is 11.5. The van der Waals surface area contributed by atoms with Gasteiger partial charge in [-0.25, -0.2) is 4.79 Å². The molecule has 0 saturated heterocycles. The van der Waals surface area contributed by atoms with Crippen LogP contribution in [0.15, 0.2) is 0 Å². The smallest absolute Gasteiger partial charge is 0.407 e. The van der Waals surface area contributed by atoms with Crippen molar-refractivity contribution in [2.75, 3.05) is 6.54 Å². The summed E-state index contributed by atoms with van der Waals surface area (Å²) in [5.41, 5.74) is -0.0918. The number of rotatable bonds is 2. The van der Waals surface area contributed by atoms with Crippen molar-refractivity contribution in [1.82, 2.24) is 5.32 Å². The third kappa shape index (κ3) is 3.24. The highest BCUT2D eigenvalue weighted by atomic mass is 16.6. The molecule has 2 aliphatic rings. The average molecular weight is 253 g/mol. The molecule has 2 aliphatic carbocycles. The van der Waals surface area contributed by atoms with Gasteiger partial charge in [0.15, 0.2) is 0 Å². The zero-order chi connectivity index (χ0) is 13.4. The molecule has 4 nitrogen and oxygen atoms in total. The average Bonchev–Trinajstić information content (AvgIpc) is 2.91. The summed E-state index contributed by atoms with van der Waals surface area (Å²) in [5.74, 6) is 0.935. The van der Waals surface area contributed by atoms with Crippen LogP contribution in [0.25, 0.3) is 0 Å². The predicted octanol–water partition coefficient (Wildman–Crippen LogP) is 2.66. The highest BCUT2D eigenvalue weighted by Crippen LogP contribution is 2.60. The van der Waals surface area contributed by atoms with E-state index in [4.69, 9.17) is 4.74 Å². The number of amides is 1. The summed E-state index contributed by atoms with van der Waals surface area (Å²) in [4.78, 5) is 22.7. The van der Waals surface area contributed by atoms with Crippen LogP contribution in [-0.4, -0.2) is 24.0 Å². The van der Waals surface area contributed by atoms with Gasteiger partial charge in [-0.1, -0.05) is 0 Å². The Labute approximate surface area is 108 Å². The summed E-state index contributed by atoms with van der Waals surface area (Å²) in [6.07, 6.45) is 4.28. The van der Waals surface area contributed by atoms with Gasteiger partial charge in [0.05, 0.1) is 0 Å². The first-order valence-corrected chi connectivity index (χ1v) is 6.79. The minimum absolute atomic E-state index is 0.337. The molecule has 1 unspecified atom stereocenters. The number of hydrogen-bond acceptors (Lipinski definition) is 3. The second-order valence-corrected chi connectivity index (χ2v) is 6.68. The Morgan fingerprint density at radius 2 is 2.00 bits per heavy atom. The van der Waals surface area contributed by atoms with E-state index < -0.39 is 5.60 Å². The van der Waals surface area contributed by atoms with Gasteiger partial charge >= 0.3 is 6.09 Å². The minimum Gasteiger partial charge on any atom is -0.444 e. The van der Waals surface area contributed by atoms with Crippen LogP contribution in [-0.2, 0) is 9.53 Å². The molecule has 0 aliphatic heterocycles. The van der Waals surface area contributed by atoms with E-state index in [0.717, 1.165) is 32.1 Å². The fourth-order valence-corrected chi connectivity index (χ4v) is 2.88. The molecular formula is C14H23NO3. The summed E-state index contributed by atoms with van der Waals surface area (Å²) in [6.45, 7) is 6.26. The molecule has 0 bridgehead atoms. The number of carbonyl (C=O) groups is 2. The monoisotopic (exact) mass is 253 g/mol. The molecule has 1 amide bonds. The number of carbonyl (C=O) groups excluding carboxylic acids is 2. The van der Waals surface area contributed by atoms with Crippen molar-refractivity contribution in [3.05, 3.63) is 0 Å². The number of ether oxygens (including phenoxy) is 1. The van der Waals surface area contributed by atoms with Crippen molar-refractivity contribution < 1.29 is 14.3 Å². The van der Waals surface area contributed by atoms with E-state index in [2.05, 4.69) is 5.32 Å². The van der Waals surface area contributed by atoms with Gasteiger partial charge in [-0.2, -0.15) is 0 Å². The van der Waals surface area contributed by atoms with Crippen LogP contribution in [0, 0.1) is 11.3 Å². The van der Waals surface area contributed by atoms with Gasteiger partial charge in [-0.05, 0) is 51.4 Å². The molecule has 18 heavy (non-hydrogen) atoms. The van der Waals surface area contributed by atoms with Crippen molar-refractivity contribution in [2.24, 2.45) is 11.3 Å². The fourth-order valence-electron chi connectivity index (χ4n) is 2.88. The Morgan fingerprint density at radius 1 is 1.39 bits per heavy atom. The number of alkyl carbamates (subject to hydrolysis) is 1. The van der Waals surface area contributed by atoms with Crippen LogP contribution in [0.2, 0.25) is 0 Å². The molecular weight excluding hydrogens is 230 g/mol. The van der Waals surface area contributed by atoms with Crippen LogP contribution in [0.1, 0.15) is 52.9 Å². The van der Waals surface area contributed by atoms with E-state index in [1.54, 1.807) is 0 Å². The highest BCUT2D eigenvalue weighted by molar-refractivity contribution is 5.79. The van der Waals surface area contributed by atoms with Crippen molar-refractivity contribution in [1.29, 1.82) is 0 Å². The lowest BCUT2D eigenvalue weighted by Gasteiger charge is -2.22. The first-order valence-electron chi connectivity index (χ1n) is 6.79. The van der Waals surface area contributed by atoms with Crippen LogP contribution in [0.4, 0.5) is 4.79 Å². The summed E-state index contributed by atoms with van der Waals surface area (Å²) in [5, 5.41) is 2.84. The predicted molar refractivity (Wildman–Crippen MR) is 68.3 cm³/mol. The molecule has 102 valence electrons. The van der Waals surface area contributed by atoms with Crippen molar-refractivity contribution in [2.45, 2.75) is 58.5 Å². The number of hydrogen-bond donors (Lipinski definition) is 1. The first kappa shape index (κ1) is 13.4.